The van der Waals surface area contributed by atoms with E-state index in [9.17, 15) is 14.0 Å². The number of rotatable bonds is 5. The minimum Gasteiger partial charge on any atom is -0.338 e. The highest BCUT2D eigenvalue weighted by Gasteiger charge is 2.32. The number of tetrazole rings is 1. The minimum atomic E-state index is -0.485. The van der Waals surface area contributed by atoms with Crippen LogP contribution in [0.4, 0.5) is 4.39 Å². The second-order valence-electron chi connectivity index (χ2n) is 7.14. The molecule has 1 unspecified atom stereocenters. The van der Waals surface area contributed by atoms with E-state index in [-0.39, 0.29) is 27.7 Å². The van der Waals surface area contributed by atoms with Crippen LogP contribution in [0.5, 0.6) is 0 Å². The monoisotopic (exact) mass is 438 g/mol. The van der Waals surface area contributed by atoms with Gasteiger partial charge in [-0.15, -0.1) is 5.10 Å². The molecule has 1 aliphatic heterocycles. The molecule has 4 rings (SSSR count). The van der Waals surface area contributed by atoms with Crippen LogP contribution in [0.1, 0.15) is 36.2 Å². The van der Waals surface area contributed by atoms with Crippen molar-refractivity contribution in [3.63, 3.8) is 0 Å². The Morgan fingerprint density at radius 1 is 1.21 bits per heavy atom. The first-order chi connectivity index (χ1) is 13.9. The number of hydrogen-bond donors (Lipinski definition) is 0. The molecule has 2 amide bonds. The molecular formula is C18H20ClFN6O2S. The molecule has 29 heavy (non-hydrogen) atoms. The van der Waals surface area contributed by atoms with E-state index in [1.54, 1.807) is 14.5 Å². The standard InChI is InChI=1S/C18H20ClFN6O2S/c1-11(29-18-21-22-23-26(18)13-3-4-13)16(27)24-6-8-25(9-7-24)17(28)14-5-2-12(20)10-15(14)19/h2,5,10-11,13H,3-4,6-9H2,1H3. The molecule has 0 bridgehead atoms. The van der Waals surface area contributed by atoms with Crippen LogP contribution in [0.3, 0.4) is 0 Å². The van der Waals surface area contributed by atoms with Crippen molar-refractivity contribution in [3.05, 3.63) is 34.6 Å². The fourth-order valence-electron chi connectivity index (χ4n) is 3.24. The topological polar surface area (TPSA) is 84.2 Å². The summed E-state index contributed by atoms with van der Waals surface area (Å²) >= 11 is 7.35. The van der Waals surface area contributed by atoms with E-state index < -0.39 is 5.82 Å². The Balaban J connectivity index is 1.33. The zero-order valence-corrected chi connectivity index (χ0v) is 17.4. The third kappa shape index (κ3) is 4.37. The van der Waals surface area contributed by atoms with Crippen molar-refractivity contribution in [2.24, 2.45) is 0 Å². The Morgan fingerprint density at radius 3 is 2.55 bits per heavy atom. The van der Waals surface area contributed by atoms with E-state index >= 15 is 0 Å². The third-order valence-electron chi connectivity index (χ3n) is 5.03. The number of carbonyl (C=O) groups is 2. The Bertz CT molecular complexity index is 929. The fraction of sp³-hybridized carbons (Fsp3) is 0.500. The van der Waals surface area contributed by atoms with Gasteiger partial charge in [0.2, 0.25) is 11.1 Å². The molecule has 154 valence electrons. The highest BCUT2D eigenvalue weighted by atomic mass is 35.5. The molecular weight excluding hydrogens is 419 g/mol. The summed E-state index contributed by atoms with van der Waals surface area (Å²) in [6, 6.07) is 4.08. The molecule has 1 saturated carbocycles. The summed E-state index contributed by atoms with van der Waals surface area (Å²) in [6.45, 7) is 3.50. The summed E-state index contributed by atoms with van der Waals surface area (Å²) in [5.41, 5.74) is 0.267. The highest BCUT2D eigenvalue weighted by molar-refractivity contribution is 8.00. The van der Waals surface area contributed by atoms with E-state index in [0.29, 0.717) is 37.4 Å². The lowest BCUT2D eigenvalue weighted by molar-refractivity contribution is -0.131. The Kier molecular flexibility index (Phi) is 5.73. The molecule has 2 fully saturated rings. The molecule has 2 heterocycles. The third-order valence-corrected chi connectivity index (χ3v) is 6.37. The molecule has 1 aromatic carbocycles. The van der Waals surface area contributed by atoms with Crippen LogP contribution in [0.15, 0.2) is 23.4 Å². The predicted molar refractivity (Wildman–Crippen MR) is 105 cm³/mol. The van der Waals surface area contributed by atoms with E-state index in [1.165, 1.54) is 23.9 Å². The molecule has 11 heteroatoms. The van der Waals surface area contributed by atoms with Gasteiger partial charge in [-0.1, -0.05) is 23.4 Å². The summed E-state index contributed by atoms with van der Waals surface area (Å²) in [6.07, 6.45) is 2.13. The smallest absolute Gasteiger partial charge is 0.255 e. The number of amides is 2. The number of nitrogens with zero attached hydrogens (tertiary/aromatic N) is 6. The first kappa shape index (κ1) is 20.1. The lowest BCUT2D eigenvalue weighted by atomic mass is 10.1. The Morgan fingerprint density at radius 2 is 1.90 bits per heavy atom. The first-order valence-electron chi connectivity index (χ1n) is 9.41. The number of piperazine rings is 1. The van der Waals surface area contributed by atoms with Gasteiger partial charge in [0.15, 0.2) is 0 Å². The van der Waals surface area contributed by atoms with E-state index in [1.807, 2.05) is 6.92 Å². The fourth-order valence-corrected chi connectivity index (χ4v) is 4.43. The van der Waals surface area contributed by atoms with Gasteiger partial charge in [0.05, 0.1) is 21.9 Å². The lowest BCUT2D eigenvalue weighted by Crippen LogP contribution is -2.52. The first-order valence-corrected chi connectivity index (χ1v) is 10.7. The van der Waals surface area contributed by atoms with E-state index in [4.69, 9.17) is 11.6 Å². The quantitative estimate of drug-likeness (QED) is 0.666. The largest absolute Gasteiger partial charge is 0.338 e. The average Bonchev–Trinajstić information content (AvgIpc) is 3.46. The van der Waals surface area contributed by atoms with Crippen molar-refractivity contribution in [2.75, 3.05) is 26.2 Å². The molecule has 8 nitrogen and oxygen atoms in total. The zero-order chi connectivity index (χ0) is 20.5. The van der Waals surface area contributed by atoms with Gasteiger partial charge in [0.25, 0.3) is 5.91 Å². The number of benzene rings is 1. The van der Waals surface area contributed by atoms with Gasteiger partial charge in [-0.25, -0.2) is 9.07 Å². The maximum Gasteiger partial charge on any atom is 0.255 e. The number of aromatic nitrogens is 4. The summed E-state index contributed by atoms with van der Waals surface area (Å²) in [4.78, 5) is 28.9. The van der Waals surface area contributed by atoms with Crippen molar-refractivity contribution >= 4 is 35.2 Å². The zero-order valence-electron chi connectivity index (χ0n) is 15.8. The van der Waals surface area contributed by atoms with Gasteiger partial charge in [-0.3, -0.25) is 9.59 Å². The predicted octanol–water partition coefficient (Wildman–Crippen LogP) is 2.27. The Hall–Kier alpha value is -2.20. The molecule has 0 radical (unpaired) electrons. The van der Waals surface area contributed by atoms with Crippen LogP contribution >= 0.6 is 23.4 Å². The van der Waals surface area contributed by atoms with Crippen molar-refractivity contribution in [2.45, 2.75) is 36.2 Å². The number of thioether (sulfide) groups is 1. The molecule has 2 aliphatic rings. The summed E-state index contributed by atoms with van der Waals surface area (Å²) in [7, 11) is 0. The second kappa shape index (κ2) is 8.27. The van der Waals surface area contributed by atoms with Crippen LogP contribution in [0, 0.1) is 5.82 Å². The van der Waals surface area contributed by atoms with Crippen molar-refractivity contribution < 1.29 is 14.0 Å². The molecule has 0 N–H and O–H groups in total. The van der Waals surface area contributed by atoms with E-state index in [2.05, 4.69) is 15.5 Å². The van der Waals surface area contributed by atoms with Gasteiger partial charge < -0.3 is 9.80 Å². The second-order valence-corrected chi connectivity index (χ2v) is 8.85. The number of halogens is 2. The van der Waals surface area contributed by atoms with Crippen LogP contribution in [-0.2, 0) is 4.79 Å². The highest BCUT2D eigenvalue weighted by Crippen LogP contribution is 2.37. The van der Waals surface area contributed by atoms with Crippen LogP contribution < -0.4 is 0 Å². The lowest BCUT2D eigenvalue weighted by Gasteiger charge is -2.36. The molecule has 0 spiro atoms. The van der Waals surface area contributed by atoms with E-state index in [0.717, 1.165) is 18.9 Å². The van der Waals surface area contributed by atoms with Gasteiger partial charge in [-0.2, -0.15) is 0 Å². The number of hydrogen-bond acceptors (Lipinski definition) is 6. The summed E-state index contributed by atoms with van der Waals surface area (Å²) < 4.78 is 15.0. The minimum absolute atomic E-state index is 0.00717. The van der Waals surface area contributed by atoms with Crippen LogP contribution in [0.2, 0.25) is 5.02 Å². The van der Waals surface area contributed by atoms with Crippen LogP contribution in [-0.4, -0.2) is 73.3 Å². The molecule has 1 aromatic heterocycles. The van der Waals surface area contributed by atoms with Crippen LogP contribution in [0.25, 0.3) is 0 Å². The summed E-state index contributed by atoms with van der Waals surface area (Å²) in [5, 5.41) is 12.2. The Labute approximate surface area is 176 Å². The average molecular weight is 439 g/mol. The molecule has 1 saturated heterocycles. The van der Waals surface area contributed by atoms with Crippen molar-refractivity contribution in [3.8, 4) is 0 Å². The molecule has 1 atom stereocenters. The van der Waals surface area contributed by atoms with Gasteiger partial charge in [0, 0.05) is 26.2 Å². The normalized spacial score (nSPS) is 18.0. The molecule has 1 aliphatic carbocycles. The van der Waals surface area contributed by atoms with Crippen molar-refractivity contribution in [1.82, 2.24) is 30.0 Å². The SMILES string of the molecule is CC(Sc1nnnn1C1CC1)C(=O)N1CCN(C(=O)c2ccc(F)cc2Cl)CC1. The van der Waals surface area contributed by atoms with Gasteiger partial charge >= 0.3 is 0 Å². The van der Waals surface area contributed by atoms with Gasteiger partial charge in [0.1, 0.15) is 5.82 Å². The maximum absolute atomic E-state index is 13.2. The molecule has 2 aromatic rings. The van der Waals surface area contributed by atoms with Crippen molar-refractivity contribution in [1.29, 1.82) is 0 Å². The number of carbonyl (C=O) groups excluding carboxylic acids is 2. The summed E-state index contributed by atoms with van der Waals surface area (Å²) in [5.74, 6) is -0.749. The maximum atomic E-state index is 13.2. The van der Waals surface area contributed by atoms with Gasteiger partial charge in [-0.05, 0) is 48.4 Å².